The Morgan fingerprint density at radius 2 is 2.11 bits per heavy atom. The first kappa shape index (κ1) is 11.1. The van der Waals surface area contributed by atoms with Crippen LogP contribution in [-0.2, 0) is 6.61 Å². The molecule has 0 unspecified atom stereocenters. The molecule has 0 atom stereocenters. The van der Waals surface area contributed by atoms with Gasteiger partial charge in [-0.05, 0) is 36.0 Å². The normalized spacial score (nSPS) is 19.2. The highest BCUT2D eigenvalue weighted by atomic mass is 16.3. The van der Waals surface area contributed by atoms with Gasteiger partial charge < -0.3 is 15.0 Å². The molecule has 0 amide bonds. The molecule has 0 saturated carbocycles. The van der Waals surface area contributed by atoms with Crippen molar-refractivity contribution in [3.8, 4) is 0 Å². The number of rotatable bonds is 2. The summed E-state index contributed by atoms with van der Waals surface area (Å²) in [4.78, 5) is 5.78. The molecule has 98 valence electrons. The molecular formula is C16H18N2O. The van der Waals surface area contributed by atoms with Crippen molar-refractivity contribution in [3.63, 3.8) is 0 Å². The van der Waals surface area contributed by atoms with Gasteiger partial charge >= 0.3 is 0 Å². The summed E-state index contributed by atoms with van der Waals surface area (Å²) in [6.07, 6.45) is 6.96. The molecular weight excluding hydrogens is 236 g/mol. The van der Waals surface area contributed by atoms with Crippen LogP contribution in [0.4, 0.5) is 0 Å². The number of hydrogen-bond acceptors (Lipinski definition) is 2. The molecule has 2 aromatic rings. The molecule has 19 heavy (non-hydrogen) atoms. The number of aromatic amines is 1. The highest BCUT2D eigenvalue weighted by Crippen LogP contribution is 2.40. The number of benzene rings is 1. The summed E-state index contributed by atoms with van der Waals surface area (Å²) in [6, 6.07) is 6.10. The summed E-state index contributed by atoms with van der Waals surface area (Å²) in [5.41, 5.74) is 4.88. The number of aliphatic hydroxyl groups excluding tert-OH is 1. The van der Waals surface area contributed by atoms with Crippen LogP contribution < -0.4 is 0 Å². The van der Waals surface area contributed by atoms with E-state index in [2.05, 4.69) is 28.3 Å². The summed E-state index contributed by atoms with van der Waals surface area (Å²) in [5, 5.41) is 10.8. The molecule has 3 nitrogen and oxygen atoms in total. The van der Waals surface area contributed by atoms with Crippen LogP contribution in [-0.4, -0.2) is 28.1 Å². The Bertz CT molecular complexity index is 648. The van der Waals surface area contributed by atoms with Crippen LogP contribution in [0.5, 0.6) is 0 Å². The Balaban J connectivity index is 1.92. The van der Waals surface area contributed by atoms with Gasteiger partial charge in [0.15, 0.2) is 0 Å². The molecule has 2 N–H and O–H groups in total. The number of H-pyrrole nitrogens is 1. The Labute approximate surface area is 112 Å². The maximum absolute atomic E-state index is 9.56. The lowest BCUT2D eigenvalue weighted by molar-refractivity contribution is 0.252. The van der Waals surface area contributed by atoms with Crippen molar-refractivity contribution < 1.29 is 5.11 Å². The molecule has 1 saturated heterocycles. The second-order valence-corrected chi connectivity index (χ2v) is 5.59. The molecule has 0 aliphatic carbocycles. The smallest absolute Gasteiger partial charge is 0.0688 e. The second-order valence-electron chi connectivity index (χ2n) is 5.59. The van der Waals surface area contributed by atoms with E-state index in [0.29, 0.717) is 5.92 Å². The minimum Gasteiger partial charge on any atom is -0.392 e. The van der Waals surface area contributed by atoms with Gasteiger partial charge in [-0.25, -0.2) is 0 Å². The lowest BCUT2D eigenvalue weighted by Crippen LogP contribution is -2.35. The topological polar surface area (TPSA) is 39.3 Å². The number of hydrogen-bond donors (Lipinski definition) is 2. The Kier molecular flexibility index (Phi) is 2.42. The average Bonchev–Trinajstić information content (AvgIpc) is 2.92. The fourth-order valence-electron chi connectivity index (χ4n) is 3.55. The molecule has 3 aliphatic heterocycles. The van der Waals surface area contributed by atoms with E-state index in [-0.39, 0.29) is 6.61 Å². The van der Waals surface area contributed by atoms with E-state index >= 15 is 0 Å². The molecule has 0 spiro atoms. The molecule has 1 fully saturated rings. The highest BCUT2D eigenvalue weighted by molar-refractivity contribution is 5.95. The van der Waals surface area contributed by atoms with Crippen LogP contribution >= 0.6 is 0 Å². The minimum absolute atomic E-state index is 0.101. The molecule has 5 rings (SSSR count). The summed E-state index contributed by atoms with van der Waals surface area (Å²) in [6.45, 7) is 2.50. The molecule has 2 bridgehead atoms. The van der Waals surface area contributed by atoms with Crippen molar-refractivity contribution in [2.24, 2.45) is 5.92 Å². The number of aliphatic hydroxyl groups is 1. The summed E-state index contributed by atoms with van der Waals surface area (Å²) < 4.78 is 0. The quantitative estimate of drug-likeness (QED) is 0.865. The lowest BCUT2D eigenvalue weighted by Gasteiger charge is -2.39. The zero-order chi connectivity index (χ0) is 12.8. The summed E-state index contributed by atoms with van der Waals surface area (Å²) in [7, 11) is 0. The third kappa shape index (κ3) is 1.61. The average molecular weight is 254 g/mol. The van der Waals surface area contributed by atoms with Crippen molar-refractivity contribution in [1.82, 2.24) is 9.88 Å². The van der Waals surface area contributed by atoms with Crippen LogP contribution in [0.2, 0.25) is 0 Å². The predicted molar refractivity (Wildman–Crippen MR) is 76.5 cm³/mol. The van der Waals surface area contributed by atoms with E-state index in [0.717, 1.165) is 11.1 Å². The van der Waals surface area contributed by atoms with Crippen LogP contribution in [0.25, 0.3) is 16.5 Å². The number of fused-ring (bicyclic) bond motifs is 3. The van der Waals surface area contributed by atoms with Gasteiger partial charge in [0.1, 0.15) is 0 Å². The largest absolute Gasteiger partial charge is 0.392 e. The van der Waals surface area contributed by atoms with E-state index in [1.165, 1.54) is 42.5 Å². The molecule has 3 heteroatoms. The zero-order valence-corrected chi connectivity index (χ0v) is 10.9. The first-order chi connectivity index (χ1) is 9.36. The van der Waals surface area contributed by atoms with E-state index in [9.17, 15) is 5.11 Å². The number of allylic oxidation sites excluding steroid dienone is 1. The molecule has 3 aliphatic rings. The van der Waals surface area contributed by atoms with Crippen molar-refractivity contribution in [1.29, 1.82) is 0 Å². The number of aromatic nitrogens is 1. The number of piperidine rings is 1. The van der Waals surface area contributed by atoms with Crippen LogP contribution in [0.3, 0.4) is 0 Å². The molecule has 1 aromatic heterocycles. The Morgan fingerprint density at radius 1 is 1.26 bits per heavy atom. The standard InChI is InChI=1S/C16H18N2O/c19-10-12-2-1-3-15-16(12)13(8-17-15)14-9-18-6-4-11(14)5-7-18/h1-3,8-9,11,17,19H,4-7,10H2. The first-order valence-electron chi connectivity index (χ1n) is 7.03. The van der Waals surface area contributed by atoms with Gasteiger partial charge in [0.05, 0.1) is 6.61 Å². The van der Waals surface area contributed by atoms with Crippen molar-refractivity contribution in [2.75, 3.05) is 13.1 Å². The van der Waals surface area contributed by atoms with Gasteiger partial charge in [-0.15, -0.1) is 0 Å². The molecule has 0 radical (unpaired) electrons. The first-order valence-corrected chi connectivity index (χ1v) is 7.03. The van der Waals surface area contributed by atoms with Crippen LogP contribution in [0.15, 0.2) is 30.6 Å². The van der Waals surface area contributed by atoms with Crippen molar-refractivity contribution >= 4 is 16.5 Å². The van der Waals surface area contributed by atoms with Gasteiger partial charge in [-0.3, -0.25) is 0 Å². The number of nitrogens with one attached hydrogen (secondary N) is 1. The van der Waals surface area contributed by atoms with Crippen LogP contribution in [0.1, 0.15) is 24.0 Å². The third-order valence-corrected chi connectivity index (χ3v) is 4.56. The molecule has 4 heterocycles. The van der Waals surface area contributed by atoms with Gasteiger partial charge in [-0.1, -0.05) is 12.1 Å². The van der Waals surface area contributed by atoms with Crippen molar-refractivity contribution in [2.45, 2.75) is 19.4 Å². The zero-order valence-electron chi connectivity index (χ0n) is 10.9. The van der Waals surface area contributed by atoms with E-state index < -0.39 is 0 Å². The van der Waals surface area contributed by atoms with Crippen molar-refractivity contribution in [3.05, 3.63) is 41.7 Å². The fourth-order valence-corrected chi connectivity index (χ4v) is 3.55. The summed E-state index contributed by atoms with van der Waals surface area (Å²) in [5.74, 6) is 0.691. The fraction of sp³-hybridized carbons (Fsp3) is 0.375. The van der Waals surface area contributed by atoms with E-state index in [1.807, 2.05) is 12.1 Å². The Morgan fingerprint density at radius 3 is 2.79 bits per heavy atom. The second kappa shape index (κ2) is 4.14. The minimum atomic E-state index is 0.101. The molecule has 1 aromatic carbocycles. The van der Waals surface area contributed by atoms with E-state index in [1.54, 1.807) is 0 Å². The highest BCUT2D eigenvalue weighted by Gasteiger charge is 2.29. The lowest BCUT2D eigenvalue weighted by atomic mass is 9.82. The van der Waals surface area contributed by atoms with Gasteiger partial charge in [0.25, 0.3) is 0 Å². The summed E-state index contributed by atoms with van der Waals surface area (Å²) >= 11 is 0. The maximum atomic E-state index is 9.56. The van der Waals surface area contributed by atoms with E-state index in [4.69, 9.17) is 0 Å². The Hall–Kier alpha value is -1.74. The monoisotopic (exact) mass is 254 g/mol. The third-order valence-electron chi connectivity index (χ3n) is 4.56. The van der Waals surface area contributed by atoms with Gasteiger partial charge in [-0.2, -0.15) is 0 Å². The van der Waals surface area contributed by atoms with Crippen LogP contribution in [0, 0.1) is 5.92 Å². The maximum Gasteiger partial charge on any atom is 0.0688 e. The van der Waals surface area contributed by atoms with Gasteiger partial charge in [0, 0.05) is 42.0 Å². The predicted octanol–water partition coefficient (Wildman–Crippen LogP) is 2.73. The number of nitrogens with zero attached hydrogens (tertiary/aromatic N) is 1. The SMILES string of the molecule is OCc1cccc2[nH]cc(C3=CN4CCC3CC4)c12. The van der Waals surface area contributed by atoms with Gasteiger partial charge in [0.2, 0.25) is 0 Å².